The van der Waals surface area contributed by atoms with Gasteiger partial charge in [0.25, 0.3) is 10.0 Å². The summed E-state index contributed by atoms with van der Waals surface area (Å²) in [4.78, 5) is 14.4. The van der Waals surface area contributed by atoms with Gasteiger partial charge in [-0.15, -0.1) is 11.3 Å². The first kappa shape index (κ1) is 14.3. The van der Waals surface area contributed by atoms with Crippen LogP contribution in [0.25, 0.3) is 0 Å². The first-order valence-corrected chi connectivity index (χ1v) is 7.67. The van der Waals surface area contributed by atoms with Gasteiger partial charge in [-0.3, -0.25) is 4.72 Å². The molecule has 106 valence electrons. The van der Waals surface area contributed by atoms with Gasteiger partial charge in [0, 0.05) is 6.07 Å². The van der Waals surface area contributed by atoms with Gasteiger partial charge >= 0.3 is 5.97 Å². The molecule has 0 saturated carbocycles. The third-order valence-corrected chi connectivity index (χ3v) is 5.19. The lowest BCUT2D eigenvalue weighted by molar-refractivity contribution is 0.0687. The zero-order chi connectivity index (χ0) is 14.9. The minimum Gasteiger partial charge on any atom is -0.508 e. The molecule has 0 saturated heterocycles. The number of aryl methyl sites for hydroxylation is 1. The van der Waals surface area contributed by atoms with E-state index in [1.54, 1.807) is 6.92 Å². The van der Waals surface area contributed by atoms with Crippen molar-refractivity contribution in [1.29, 1.82) is 0 Å². The van der Waals surface area contributed by atoms with Gasteiger partial charge in [-0.2, -0.15) is 0 Å². The summed E-state index contributed by atoms with van der Waals surface area (Å²) in [5.41, 5.74) is 1.35. The van der Waals surface area contributed by atoms with Crippen LogP contribution < -0.4 is 4.72 Å². The number of thiazole rings is 1. The second kappa shape index (κ2) is 5.10. The molecular weight excluding hydrogens is 304 g/mol. The van der Waals surface area contributed by atoms with Crippen molar-refractivity contribution in [1.82, 2.24) is 4.98 Å². The standard InChI is InChI=1S/C11H10N2O5S2/c1-6-2-3-7(4-8(6)14)13-20(17,18)11-9(10(15)16)12-5-19-11/h2-5,13-14H,1H3,(H,15,16). The Morgan fingerprint density at radius 2 is 2.10 bits per heavy atom. The van der Waals surface area contributed by atoms with Crippen LogP contribution in [-0.2, 0) is 10.0 Å². The molecule has 0 atom stereocenters. The number of carboxylic acids is 1. The molecule has 0 aliphatic heterocycles. The van der Waals surface area contributed by atoms with Crippen LogP contribution in [0, 0.1) is 6.92 Å². The Balaban J connectivity index is 2.38. The summed E-state index contributed by atoms with van der Waals surface area (Å²) in [6.07, 6.45) is 0. The van der Waals surface area contributed by atoms with Gasteiger partial charge in [-0.1, -0.05) is 6.07 Å². The van der Waals surface area contributed by atoms with Crippen LogP contribution in [0.4, 0.5) is 5.69 Å². The van der Waals surface area contributed by atoms with Gasteiger partial charge in [0.15, 0.2) is 9.90 Å². The SMILES string of the molecule is Cc1ccc(NS(=O)(=O)c2scnc2C(=O)O)cc1O. The first-order chi connectivity index (χ1) is 9.31. The number of hydrogen-bond donors (Lipinski definition) is 3. The highest BCUT2D eigenvalue weighted by molar-refractivity contribution is 7.94. The smallest absolute Gasteiger partial charge is 0.356 e. The maximum Gasteiger partial charge on any atom is 0.356 e. The highest BCUT2D eigenvalue weighted by Gasteiger charge is 2.25. The van der Waals surface area contributed by atoms with E-state index in [1.165, 1.54) is 18.2 Å². The predicted octanol–water partition coefficient (Wildman–Crippen LogP) is 1.66. The highest BCUT2D eigenvalue weighted by Crippen LogP contribution is 2.26. The minimum absolute atomic E-state index is 0.0621. The molecule has 7 nitrogen and oxygen atoms in total. The summed E-state index contributed by atoms with van der Waals surface area (Å²) in [6.45, 7) is 1.67. The lowest BCUT2D eigenvalue weighted by Crippen LogP contribution is -2.15. The zero-order valence-corrected chi connectivity index (χ0v) is 11.8. The van der Waals surface area contributed by atoms with Crippen LogP contribution >= 0.6 is 11.3 Å². The number of aromatic carboxylic acids is 1. The van der Waals surface area contributed by atoms with Crippen LogP contribution in [0.1, 0.15) is 16.1 Å². The number of aromatic nitrogens is 1. The molecule has 0 aliphatic carbocycles. The van der Waals surface area contributed by atoms with Gasteiger partial charge in [0.2, 0.25) is 0 Å². The summed E-state index contributed by atoms with van der Waals surface area (Å²) in [7, 11) is -4.06. The van der Waals surface area contributed by atoms with Crippen molar-refractivity contribution < 1.29 is 23.4 Å². The van der Waals surface area contributed by atoms with Crippen LogP contribution in [0.3, 0.4) is 0 Å². The molecule has 0 spiro atoms. The number of anilines is 1. The Morgan fingerprint density at radius 3 is 2.70 bits per heavy atom. The van der Waals surface area contributed by atoms with Gasteiger partial charge in [-0.25, -0.2) is 18.2 Å². The van der Waals surface area contributed by atoms with Crippen molar-refractivity contribution in [2.75, 3.05) is 4.72 Å². The van der Waals surface area contributed by atoms with Crippen molar-refractivity contribution in [3.63, 3.8) is 0 Å². The molecule has 1 aromatic heterocycles. The van der Waals surface area contributed by atoms with E-state index in [-0.39, 0.29) is 15.6 Å². The van der Waals surface area contributed by atoms with Gasteiger partial charge in [0.1, 0.15) is 5.75 Å². The monoisotopic (exact) mass is 314 g/mol. The average Bonchev–Trinajstić information content (AvgIpc) is 2.83. The number of sulfonamides is 1. The molecule has 3 N–H and O–H groups in total. The first-order valence-electron chi connectivity index (χ1n) is 5.30. The molecule has 2 aromatic rings. The number of nitrogens with one attached hydrogen (secondary N) is 1. The fourth-order valence-electron chi connectivity index (χ4n) is 1.44. The zero-order valence-electron chi connectivity index (χ0n) is 10.2. The molecule has 0 bridgehead atoms. The van der Waals surface area contributed by atoms with Crippen molar-refractivity contribution in [2.45, 2.75) is 11.1 Å². The van der Waals surface area contributed by atoms with Gasteiger partial charge < -0.3 is 10.2 Å². The summed E-state index contributed by atoms with van der Waals surface area (Å²) >= 11 is 0.707. The predicted molar refractivity (Wildman–Crippen MR) is 72.7 cm³/mol. The van der Waals surface area contributed by atoms with Crippen molar-refractivity contribution >= 4 is 33.0 Å². The lowest BCUT2D eigenvalue weighted by atomic mass is 10.2. The number of hydrogen-bond acceptors (Lipinski definition) is 6. The third-order valence-electron chi connectivity index (χ3n) is 2.44. The minimum atomic E-state index is -4.06. The molecule has 0 amide bonds. The van der Waals surface area contributed by atoms with E-state index in [4.69, 9.17) is 5.11 Å². The number of phenols is 1. The van der Waals surface area contributed by atoms with Crippen molar-refractivity contribution in [3.05, 3.63) is 35.0 Å². The Bertz CT molecular complexity index is 767. The number of carbonyl (C=O) groups is 1. The van der Waals surface area contributed by atoms with E-state index in [0.717, 1.165) is 5.51 Å². The largest absolute Gasteiger partial charge is 0.508 e. The van der Waals surface area contributed by atoms with Gasteiger partial charge in [-0.05, 0) is 18.6 Å². The molecule has 0 aliphatic rings. The lowest BCUT2D eigenvalue weighted by Gasteiger charge is -2.08. The van der Waals surface area contributed by atoms with Crippen molar-refractivity contribution in [3.8, 4) is 5.75 Å². The molecule has 1 aromatic carbocycles. The summed E-state index contributed by atoms with van der Waals surface area (Å²) in [5.74, 6) is -1.48. The number of phenolic OH excluding ortho intramolecular Hbond substituents is 1. The van der Waals surface area contributed by atoms with E-state index in [0.29, 0.717) is 16.9 Å². The summed E-state index contributed by atoms with van der Waals surface area (Å²) in [5, 5.41) is 18.4. The Labute approximate surface area is 118 Å². The number of nitrogens with zero attached hydrogens (tertiary/aromatic N) is 1. The molecule has 20 heavy (non-hydrogen) atoms. The summed E-state index contributed by atoms with van der Waals surface area (Å²) < 4.78 is 26.0. The number of carboxylic acid groups (broad SMARTS) is 1. The molecule has 0 radical (unpaired) electrons. The molecule has 2 rings (SSSR count). The van der Waals surface area contributed by atoms with Crippen LogP contribution in [0.2, 0.25) is 0 Å². The fraction of sp³-hybridized carbons (Fsp3) is 0.0909. The summed E-state index contributed by atoms with van der Waals surface area (Å²) in [6, 6.07) is 4.25. The number of aromatic hydroxyl groups is 1. The van der Waals surface area contributed by atoms with Crippen LogP contribution in [0.15, 0.2) is 27.9 Å². The van der Waals surface area contributed by atoms with E-state index in [2.05, 4.69) is 9.71 Å². The Morgan fingerprint density at radius 1 is 1.40 bits per heavy atom. The third kappa shape index (κ3) is 2.73. The molecular formula is C11H10N2O5S2. The molecule has 0 fully saturated rings. The number of benzene rings is 1. The topological polar surface area (TPSA) is 117 Å². The van der Waals surface area contributed by atoms with E-state index >= 15 is 0 Å². The second-order valence-electron chi connectivity index (χ2n) is 3.90. The van der Waals surface area contributed by atoms with Crippen LogP contribution in [-0.4, -0.2) is 29.6 Å². The fourth-order valence-corrected chi connectivity index (χ4v) is 3.63. The highest BCUT2D eigenvalue weighted by atomic mass is 32.2. The second-order valence-corrected chi connectivity index (χ2v) is 6.63. The normalized spacial score (nSPS) is 11.2. The Hall–Kier alpha value is -2.13. The van der Waals surface area contributed by atoms with Crippen LogP contribution in [0.5, 0.6) is 5.75 Å². The average molecular weight is 314 g/mol. The van der Waals surface area contributed by atoms with E-state index in [1.807, 2.05) is 0 Å². The molecule has 0 unspecified atom stereocenters. The maximum atomic E-state index is 12.1. The molecule has 9 heteroatoms. The van der Waals surface area contributed by atoms with Gasteiger partial charge in [0.05, 0.1) is 11.2 Å². The Kier molecular flexibility index (Phi) is 3.64. The molecule has 1 heterocycles. The maximum absolute atomic E-state index is 12.1. The van der Waals surface area contributed by atoms with E-state index < -0.39 is 21.7 Å². The number of rotatable bonds is 4. The van der Waals surface area contributed by atoms with Crippen molar-refractivity contribution in [2.24, 2.45) is 0 Å². The van der Waals surface area contributed by atoms with E-state index in [9.17, 15) is 18.3 Å². The quantitative estimate of drug-likeness (QED) is 0.790.